The predicted octanol–water partition coefficient (Wildman–Crippen LogP) is 1.58. The molecule has 1 N–H and O–H groups in total. The maximum absolute atomic E-state index is 4.38. The number of rotatable bonds is 5. The Morgan fingerprint density at radius 2 is 2.11 bits per heavy atom. The molecule has 1 aromatic rings. The standard InChI is InChI=1S/C15H26N4/c1-16-11-14-10-15(4-7-17-14)19-8-5-13(6-9-19)12-18(2)3/h4,7,10,13,16H,5-6,8-9,11-12H2,1-3H3. The van der Waals surface area contributed by atoms with Crippen LogP contribution in [0.3, 0.4) is 0 Å². The Balaban J connectivity index is 1.92. The highest BCUT2D eigenvalue weighted by molar-refractivity contribution is 5.46. The van der Waals surface area contributed by atoms with Gasteiger partial charge in [0.25, 0.3) is 0 Å². The summed E-state index contributed by atoms with van der Waals surface area (Å²) in [5.74, 6) is 0.852. The first-order valence-electron chi connectivity index (χ1n) is 7.18. The van der Waals surface area contributed by atoms with Crippen LogP contribution in [0.4, 0.5) is 5.69 Å². The normalized spacial score (nSPS) is 17.2. The SMILES string of the molecule is CNCc1cc(N2CCC(CN(C)C)CC2)ccn1. The van der Waals surface area contributed by atoms with Gasteiger partial charge in [0.05, 0.1) is 5.69 Å². The van der Waals surface area contributed by atoms with Crippen molar-refractivity contribution in [3.8, 4) is 0 Å². The van der Waals surface area contributed by atoms with Gasteiger partial charge in [0, 0.05) is 38.1 Å². The number of nitrogens with one attached hydrogen (secondary N) is 1. The molecular weight excluding hydrogens is 236 g/mol. The zero-order chi connectivity index (χ0) is 13.7. The smallest absolute Gasteiger partial charge is 0.0562 e. The zero-order valence-corrected chi connectivity index (χ0v) is 12.4. The molecule has 106 valence electrons. The molecule has 1 saturated heterocycles. The van der Waals surface area contributed by atoms with Crippen LogP contribution in [0.15, 0.2) is 18.3 Å². The van der Waals surface area contributed by atoms with Crippen molar-refractivity contribution in [3.63, 3.8) is 0 Å². The second kappa shape index (κ2) is 6.87. The maximum Gasteiger partial charge on any atom is 0.0562 e. The van der Waals surface area contributed by atoms with E-state index >= 15 is 0 Å². The second-order valence-electron chi connectivity index (χ2n) is 5.73. The molecule has 1 aromatic heterocycles. The van der Waals surface area contributed by atoms with Crippen LogP contribution in [0.1, 0.15) is 18.5 Å². The van der Waals surface area contributed by atoms with Crippen LogP contribution in [0.25, 0.3) is 0 Å². The van der Waals surface area contributed by atoms with E-state index in [0.717, 1.165) is 18.2 Å². The number of pyridine rings is 1. The van der Waals surface area contributed by atoms with Crippen LogP contribution in [0.2, 0.25) is 0 Å². The quantitative estimate of drug-likeness (QED) is 0.873. The van der Waals surface area contributed by atoms with E-state index in [0.29, 0.717) is 0 Å². The molecule has 1 aliphatic rings. The molecule has 0 unspecified atom stereocenters. The molecule has 2 heterocycles. The van der Waals surface area contributed by atoms with Crippen molar-refractivity contribution in [2.45, 2.75) is 19.4 Å². The van der Waals surface area contributed by atoms with Gasteiger partial charge >= 0.3 is 0 Å². The first-order valence-corrected chi connectivity index (χ1v) is 7.18. The molecule has 1 aliphatic heterocycles. The monoisotopic (exact) mass is 262 g/mol. The van der Waals surface area contributed by atoms with E-state index in [4.69, 9.17) is 0 Å². The van der Waals surface area contributed by atoms with Gasteiger partial charge in [-0.3, -0.25) is 4.98 Å². The second-order valence-corrected chi connectivity index (χ2v) is 5.73. The number of hydrogen-bond acceptors (Lipinski definition) is 4. The van der Waals surface area contributed by atoms with E-state index in [-0.39, 0.29) is 0 Å². The van der Waals surface area contributed by atoms with Gasteiger partial charge in [-0.05, 0) is 52.0 Å². The summed E-state index contributed by atoms with van der Waals surface area (Å²) >= 11 is 0. The summed E-state index contributed by atoms with van der Waals surface area (Å²) in [6, 6.07) is 4.34. The van der Waals surface area contributed by atoms with Crippen LogP contribution in [0, 0.1) is 5.92 Å². The molecule has 0 amide bonds. The Labute approximate surface area is 116 Å². The Hall–Kier alpha value is -1.13. The molecule has 4 heteroatoms. The highest BCUT2D eigenvalue weighted by Crippen LogP contribution is 2.23. The van der Waals surface area contributed by atoms with E-state index in [2.05, 4.69) is 46.3 Å². The van der Waals surface area contributed by atoms with Crippen LogP contribution < -0.4 is 10.2 Å². The lowest BCUT2D eigenvalue weighted by Gasteiger charge is -2.34. The lowest BCUT2D eigenvalue weighted by molar-refractivity contribution is 0.285. The lowest BCUT2D eigenvalue weighted by atomic mass is 9.96. The van der Waals surface area contributed by atoms with Gasteiger partial charge in [0.15, 0.2) is 0 Å². The third kappa shape index (κ3) is 4.18. The summed E-state index contributed by atoms with van der Waals surface area (Å²) in [5.41, 5.74) is 2.44. The Morgan fingerprint density at radius 3 is 2.74 bits per heavy atom. The predicted molar refractivity (Wildman–Crippen MR) is 80.5 cm³/mol. The summed E-state index contributed by atoms with van der Waals surface area (Å²) in [6.07, 6.45) is 4.51. The molecule has 0 radical (unpaired) electrons. The number of anilines is 1. The van der Waals surface area contributed by atoms with Crippen LogP contribution >= 0.6 is 0 Å². The van der Waals surface area contributed by atoms with E-state index in [1.807, 2.05) is 13.2 Å². The van der Waals surface area contributed by atoms with Crippen molar-refractivity contribution in [2.24, 2.45) is 5.92 Å². The van der Waals surface area contributed by atoms with Gasteiger partial charge in [-0.25, -0.2) is 0 Å². The average molecular weight is 262 g/mol. The Bertz CT molecular complexity index is 383. The largest absolute Gasteiger partial charge is 0.371 e. The Kier molecular flexibility index (Phi) is 5.16. The minimum atomic E-state index is 0.838. The first kappa shape index (κ1) is 14.3. The minimum Gasteiger partial charge on any atom is -0.371 e. The summed E-state index contributed by atoms with van der Waals surface area (Å²) in [7, 11) is 6.29. The molecule has 0 aliphatic carbocycles. The van der Waals surface area contributed by atoms with Gasteiger partial charge < -0.3 is 15.1 Å². The van der Waals surface area contributed by atoms with Crippen molar-refractivity contribution >= 4 is 5.69 Å². The van der Waals surface area contributed by atoms with Crippen LogP contribution in [-0.2, 0) is 6.54 Å². The zero-order valence-electron chi connectivity index (χ0n) is 12.4. The summed E-state index contributed by atoms with van der Waals surface area (Å²) in [6.45, 7) is 4.39. The fourth-order valence-corrected chi connectivity index (χ4v) is 2.83. The summed E-state index contributed by atoms with van der Waals surface area (Å²) in [4.78, 5) is 9.18. The van der Waals surface area contributed by atoms with Crippen molar-refractivity contribution < 1.29 is 0 Å². The highest BCUT2D eigenvalue weighted by Gasteiger charge is 2.19. The summed E-state index contributed by atoms with van der Waals surface area (Å²) in [5, 5.41) is 3.16. The van der Waals surface area contributed by atoms with E-state index in [1.54, 1.807) is 0 Å². The van der Waals surface area contributed by atoms with Crippen molar-refractivity contribution in [2.75, 3.05) is 45.7 Å². The molecule has 4 nitrogen and oxygen atoms in total. The van der Waals surface area contributed by atoms with Crippen molar-refractivity contribution in [3.05, 3.63) is 24.0 Å². The molecule has 0 saturated carbocycles. The number of piperidine rings is 1. The van der Waals surface area contributed by atoms with E-state index in [1.165, 1.54) is 38.2 Å². The fourth-order valence-electron chi connectivity index (χ4n) is 2.83. The topological polar surface area (TPSA) is 31.4 Å². The maximum atomic E-state index is 4.38. The molecule has 19 heavy (non-hydrogen) atoms. The molecule has 0 spiro atoms. The van der Waals surface area contributed by atoms with Gasteiger partial charge in [-0.1, -0.05) is 0 Å². The molecule has 0 bridgehead atoms. The number of hydrogen-bond donors (Lipinski definition) is 1. The van der Waals surface area contributed by atoms with Gasteiger partial charge in [-0.15, -0.1) is 0 Å². The minimum absolute atomic E-state index is 0.838. The van der Waals surface area contributed by atoms with Gasteiger partial charge in [-0.2, -0.15) is 0 Å². The summed E-state index contributed by atoms with van der Waals surface area (Å²) < 4.78 is 0. The van der Waals surface area contributed by atoms with E-state index in [9.17, 15) is 0 Å². The van der Waals surface area contributed by atoms with Crippen LogP contribution in [-0.4, -0.2) is 50.7 Å². The molecule has 1 fully saturated rings. The average Bonchev–Trinajstić information content (AvgIpc) is 2.40. The lowest BCUT2D eigenvalue weighted by Crippen LogP contribution is -2.37. The molecule has 0 atom stereocenters. The third-order valence-corrected chi connectivity index (χ3v) is 3.76. The van der Waals surface area contributed by atoms with Crippen LogP contribution in [0.5, 0.6) is 0 Å². The van der Waals surface area contributed by atoms with Gasteiger partial charge in [0.2, 0.25) is 0 Å². The molecular formula is C15H26N4. The van der Waals surface area contributed by atoms with E-state index < -0.39 is 0 Å². The molecule has 0 aromatic carbocycles. The van der Waals surface area contributed by atoms with Crippen molar-refractivity contribution in [1.29, 1.82) is 0 Å². The first-order chi connectivity index (χ1) is 9.19. The number of aromatic nitrogens is 1. The number of nitrogens with zero attached hydrogens (tertiary/aromatic N) is 3. The highest BCUT2D eigenvalue weighted by atomic mass is 15.1. The van der Waals surface area contributed by atoms with Gasteiger partial charge in [0.1, 0.15) is 0 Å². The van der Waals surface area contributed by atoms with Crippen molar-refractivity contribution in [1.82, 2.24) is 15.2 Å². The Morgan fingerprint density at radius 1 is 1.37 bits per heavy atom. The third-order valence-electron chi connectivity index (χ3n) is 3.76. The fraction of sp³-hybridized carbons (Fsp3) is 0.667. The molecule has 2 rings (SSSR count).